The van der Waals surface area contributed by atoms with Crippen LogP contribution in [0.4, 0.5) is 0 Å². The van der Waals surface area contributed by atoms with E-state index in [0.29, 0.717) is 35.2 Å². The number of esters is 1. The molecule has 1 aliphatic carbocycles. The van der Waals surface area contributed by atoms with E-state index in [0.717, 1.165) is 61.8 Å². The summed E-state index contributed by atoms with van der Waals surface area (Å²) in [6.45, 7) is 9.78. The number of imidazole rings is 1. The average molecular weight is 588 g/mol. The lowest BCUT2D eigenvalue weighted by atomic mass is 9.82. The predicted octanol–water partition coefficient (Wildman–Crippen LogP) is 7.39. The molecule has 3 aromatic rings. The number of nitrogens with zero attached hydrogens (tertiary/aromatic N) is 2. The molecule has 8 heteroatoms. The van der Waals surface area contributed by atoms with E-state index in [9.17, 15) is 4.79 Å². The number of fused-ring (bicyclic) bond motifs is 1. The lowest BCUT2D eigenvalue weighted by Crippen LogP contribution is -2.23. The highest BCUT2D eigenvalue weighted by molar-refractivity contribution is 9.10. The molecule has 0 aliphatic heterocycles. The van der Waals surface area contributed by atoms with Crippen molar-refractivity contribution in [1.29, 1.82) is 0 Å². The summed E-state index contributed by atoms with van der Waals surface area (Å²) < 4.78 is 20.1. The standard InChI is InChI=1S/C29H39BrN2O4Si/c1-34-29(33)24-16-26-27(17-25(24)30)32(20-35-14-15-37(2,3)4)28(31-26)23-12-10-22(11-13-23)19-36-18-21-8-6-5-7-9-21/h5-9,16-17,22-23H,10-15,18-20H2,1-4H3/t22-,23-. The molecule has 1 aromatic heterocycles. The van der Waals surface area contributed by atoms with E-state index in [1.54, 1.807) is 0 Å². The maximum atomic E-state index is 12.3. The van der Waals surface area contributed by atoms with Crippen molar-refractivity contribution >= 4 is 41.0 Å². The van der Waals surface area contributed by atoms with Crippen LogP contribution in [0.1, 0.15) is 53.3 Å². The van der Waals surface area contributed by atoms with Crippen molar-refractivity contribution in [2.45, 2.75) is 70.6 Å². The molecule has 0 atom stereocenters. The van der Waals surface area contributed by atoms with E-state index in [1.165, 1.54) is 12.7 Å². The minimum absolute atomic E-state index is 0.360. The second-order valence-corrected chi connectivity index (χ2v) is 17.8. The molecular weight excluding hydrogens is 548 g/mol. The van der Waals surface area contributed by atoms with Gasteiger partial charge in [0, 0.05) is 31.7 Å². The molecular formula is C29H39BrN2O4Si. The minimum Gasteiger partial charge on any atom is -0.465 e. The average Bonchev–Trinajstić information content (AvgIpc) is 3.23. The number of benzene rings is 2. The number of methoxy groups -OCH3 is 1. The summed E-state index contributed by atoms with van der Waals surface area (Å²) in [5.41, 5.74) is 3.50. The van der Waals surface area contributed by atoms with Crippen LogP contribution in [-0.4, -0.2) is 43.9 Å². The molecule has 200 valence electrons. The molecule has 1 saturated carbocycles. The van der Waals surface area contributed by atoms with Crippen LogP contribution in [-0.2, 0) is 27.5 Å². The monoisotopic (exact) mass is 586 g/mol. The first-order valence-electron chi connectivity index (χ1n) is 13.2. The van der Waals surface area contributed by atoms with Gasteiger partial charge in [0.05, 0.1) is 30.3 Å². The Morgan fingerprint density at radius 3 is 2.49 bits per heavy atom. The number of hydrogen-bond donors (Lipinski definition) is 0. The van der Waals surface area contributed by atoms with E-state index < -0.39 is 8.07 Å². The van der Waals surface area contributed by atoms with E-state index >= 15 is 0 Å². The van der Waals surface area contributed by atoms with E-state index in [4.69, 9.17) is 19.2 Å². The van der Waals surface area contributed by atoms with Crippen LogP contribution < -0.4 is 0 Å². The fourth-order valence-electron chi connectivity index (χ4n) is 4.92. The van der Waals surface area contributed by atoms with Gasteiger partial charge in [-0.15, -0.1) is 0 Å². The Hall–Kier alpha value is -2.00. The molecule has 1 fully saturated rings. The zero-order valence-electron chi connectivity index (χ0n) is 22.5. The number of aromatic nitrogens is 2. The molecule has 0 spiro atoms. The van der Waals surface area contributed by atoms with Gasteiger partial charge in [0.15, 0.2) is 0 Å². The van der Waals surface area contributed by atoms with Gasteiger partial charge in [-0.3, -0.25) is 0 Å². The van der Waals surface area contributed by atoms with Crippen molar-refractivity contribution in [3.63, 3.8) is 0 Å². The summed E-state index contributed by atoms with van der Waals surface area (Å²) in [5.74, 6) is 1.62. The van der Waals surface area contributed by atoms with Gasteiger partial charge in [-0.1, -0.05) is 50.0 Å². The molecule has 37 heavy (non-hydrogen) atoms. The number of carbonyl (C=O) groups is 1. The molecule has 0 amide bonds. The fraction of sp³-hybridized carbons (Fsp3) is 0.517. The summed E-state index contributed by atoms with van der Waals surface area (Å²) >= 11 is 3.56. The lowest BCUT2D eigenvalue weighted by molar-refractivity contribution is 0.0600. The van der Waals surface area contributed by atoms with Crippen LogP contribution in [0.3, 0.4) is 0 Å². The third-order valence-corrected chi connectivity index (χ3v) is 9.53. The molecule has 0 N–H and O–H groups in total. The summed E-state index contributed by atoms with van der Waals surface area (Å²) in [5, 5.41) is 0. The maximum Gasteiger partial charge on any atom is 0.339 e. The molecule has 0 bridgehead atoms. The van der Waals surface area contributed by atoms with Crippen molar-refractivity contribution in [2.24, 2.45) is 5.92 Å². The fourth-order valence-corrected chi connectivity index (χ4v) is 6.17. The van der Waals surface area contributed by atoms with Crippen LogP contribution in [0.2, 0.25) is 25.7 Å². The van der Waals surface area contributed by atoms with Crippen molar-refractivity contribution in [1.82, 2.24) is 9.55 Å². The van der Waals surface area contributed by atoms with Crippen LogP contribution >= 0.6 is 15.9 Å². The first-order valence-corrected chi connectivity index (χ1v) is 17.7. The third kappa shape index (κ3) is 7.53. The van der Waals surface area contributed by atoms with Crippen molar-refractivity contribution in [3.05, 3.63) is 63.9 Å². The minimum atomic E-state index is -1.17. The number of halogens is 1. The van der Waals surface area contributed by atoms with Gasteiger partial charge in [-0.2, -0.15) is 0 Å². The Bertz CT molecular complexity index is 1180. The highest BCUT2D eigenvalue weighted by atomic mass is 79.9. The van der Waals surface area contributed by atoms with Gasteiger partial charge in [0.2, 0.25) is 0 Å². The Morgan fingerprint density at radius 1 is 1.08 bits per heavy atom. The zero-order valence-corrected chi connectivity index (χ0v) is 25.1. The highest BCUT2D eigenvalue weighted by Crippen LogP contribution is 2.38. The third-order valence-electron chi connectivity index (χ3n) is 7.17. The van der Waals surface area contributed by atoms with Crippen LogP contribution in [0.25, 0.3) is 11.0 Å². The first-order chi connectivity index (χ1) is 17.7. The zero-order chi connectivity index (χ0) is 26.4. The van der Waals surface area contributed by atoms with Crippen LogP contribution in [0.15, 0.2) is 46.9 Å². The SMILES string of the molecule is COC(=O)c1cc2nc([C@H]3CC[C@H](COCc4ccccc4)CC3)n(COCC[Si](C)(C)C)c2cc1Br. The molecule has 1 heterocycles. The first kappa shape index (κ1) is 28.0. The van der Waals surface area contributed by atoms with Crippen molar-refractivity contribution in [2.75, 3.05) is 20.3 Å². The van der Waals surface area contributed by atoms with Gasteiger partial charge in [-0.05, 0) is 71.3 Å². The summed E-state index contributed by atoms with van der Waals surface area (Å²) in [4.78, 5) is 17.3. The van der Waals surface area contributed by atoms with Crippen LogP contribution in [0, 0.1) is 5.92 Å². The largest absolute Gasteiger partial charge is 0.465 e. The van der Waals surface area contributed by atoms with Crippen molar-refractivity contribution < 1.29 is 19.0 Å². The number of rotatable bonds is 11. The molecule has 2 aromatic carbocycles. The summed E-state index contributed by atoms with van der Waals surface area (Å²) in [6.07, 6.45) is 4.39. The molecule has 0 saturated heterocycles. The van der Waals surface area contributed by atoms with Crippen molar-refractivity contribution in [3.8, 4) is 0 Å². The molecule has 0 radical (unpaired) electrons. The van der Waals surface area contributed by atoms with Gasteiger partial charge in [0.25, 0.3) is 0 Å². The Balaban J connectivity index is 1.46. The number of carbonyl (C=O) groups excluding carboxylic acids is 1. The van der Waals surface area contributed by atoms with Gasteiger partial charge in [0.1, 0.15) is 12.6 Å². The Morgan fingerprint density at radius 2 is 1.81 bits per heavy atom. The van der Waals surface area contributed by atoms with E-state index in [1.807, 2.05) is 18.2 Å². The number of hydrogen-bond acceptors (Lipinski definition) is 5. The second kappa shape index (κ2) is 12.7. The summed E-state index contributed by atoms with van der Waals surface area (Å²) in [6, 6.07) is 15.3. The Labute approximate surface area is 229 Å². The molecule has 0 unspecified atom stereocenters. The quantitative estimate of drug-likeness (QED) is 0.133. The molecule has 4 rings (SSSR count). The van der Waals surface area contributed by atoms with Crippen LogP contribution in [0.5, 0.6) is 0 Å². The smallest absolute Gasteiger partial charge is 0.339 e. The van der Waals surface area contributed by atoms with E-state index in [2.05, 4.69) is 64.4 Å². The van der Waals surface area contributed by atoms with Gasteiger partial charge < -0.3 is 18.8 Å². The van der Waals surface area contributed by atoms with Gasteiger partial charge in [-0.25, -0.2) is 9.78 Å². The van der Waals surface area contributed by atoms with Gasteiger partial charge >= 0.3 is 5.97 Å². The highest BCUT2D eigenvalue weighted by Gasteiger charge is 2.28. The molecule has 1 aliphatic rings. The topological polar surface area (TPSA) is 62.6 Å². The van der Waals surface area contributed by atoms with E-state index in [-0.39, 0.29) is 5.97 Å². The Kier molecular flexibility index (Phi) is 9.61. The normalized spacial score (nSPS) is 18.3. The predicted molar refractivity (Wildman–Crippen MR) is 154 cm³/mol. The molecule has 6 nitrogen and oxygen atoms in total. The lowest BCUT2D eigenvalue weighted by Gasteiger charge is -2.28. The number of ether oxygens (including phenoxy) is 3. The maximum absolute atomic E-state index is 12.3. The second-order valence-electron chi connectivity index (χ2n) is 11.3. The summed E-state index contributed by atoms with van der Waals surface area (Å²) in [7, 11) is 0.227.